The van der Waals surface area contributed by atoms with Crippen LogP contribution in [0.1, 0.15) is 18.0 Å². The highest BCUT2D eigenvalue weighted by Gasteiger charge is 2.01. The van der Waals surface area contributed by atoms with Crippen LogP contribution < -0.4 is 11.5 Å². The molecule has 0 heterocycles. The lowest BCUT2D eigenvalue weighted by Crippen LogP contribution is -2.14. The summed E-state index contributed by atoms with van der Waals surface area (Å²) in [7, 11) is 0. The highest BCUT2D eigenvalue weighted by molar-refractivity contribution is 5.17. The van der Waals surface area contributed by atoms with Crippen LogP contribution in [0.3, 0.4) is 0 Å². The van der Waals surface area contributed by atoms with Crippen molar-refractivity contribution in [2.75, 3.05) is 6.54 Å². The van der Waals surface area contributed by atoms with E-state index in [-0.39, 0.29) is 6.04 Å². The van der Waals surface area contributed by atoms with Gasteiger partial charge in [-0.2, -0.15) is 0 Å². The summed E-state index contributed by atoms with van der Waals surface area (Å²) in [5, 5.41) is 0. The molecule has 59 valence electrons. The first kappa shape index (κ1) is 8.24. The van der Waals surface area contributed by atoms with Crippen molar-refractivity contribution in [3.05, 3.63) is 35.9 Å². The minimum atomic E-state index is 0.0783. The fourth-order valence-corrected chi connectivity index (χ4v) is 0.993. The fraction of sp³-hybridized carbons (Fsp3) is 0.333. The lowest BCUT2D eigenvalue weighted by atomic mass is 10.1. The number of rotatable bonds is 3. The Balaban J connectivity index is 2.61. The summed E-state index contributed by atoms with van der Waals surface area (Å²) in [6, 6.07) is 10.7. The molecular formula is C9H13N2. The van der Waals surface area contributed by atoms with Crippen LogP contribution in [0, 0.1) is 6.07 Å². The molecule has 0 bridgehead atoms. The minimum absolute atomic E-state index is 0.0783. The second kappa shape index (κ2) is 4.11. The van der Waals surface area contributed by atoms with Crippen LogP contribution in [0.25, 0.3) is 0 Å². The lowest BCUT2D eigenvalue weighted by Gasteiger charge is -2.09. The van der Waals surface area contributed by atoms with Crippen molar-refractivity contribution in [2.24, 2.45) is 11.5 Å². The van der Waals surface area contributed by atoms with Gasteiger partial charge in [-0.1, -0.05) is 24.3 Å². The van der Waals surface area contributed by atoms with E-state index in [1.807, 2.05) is 24.3 Å². The molecule has 0 saturated carbocycles. The van der Waals surface area contributed by atoms with Crippen LogP contribution in [0.2, 0.25) is 0 Å². The van der Waals surface area contributed by atoms with E-state index in [1.54, 1.807) is 0 Å². The Morgan fingerprint density at radius 3 is 2.55 bits per heavy atom. The van der Waals surface area contributed by atoms with E-state index >= 15 is 0 Å². The molecule has 1 atom stereocenters. The van der Waals surface area contributed by atoms with Gasteiger partial charge in [-0.3, -0.25) is 0 Å². The summed E-state index contributed by atoms with van der Waals surface area (Å²) >= 11 is 0. The molecule has 0 aliphatic heterocycles. The van der Waals surface area contributed by atoms with Crippen LogP contribution in [0.4, 0.5) is 0 Å². The summed E-state index contributed by atoms with van der Waals surface area (Å²) in [5.41, 5.74) is 12.3. The van der Waals surface area contributed by atoms with Crippen molar-refractivity contribution < 1.29 is 0 Å². The molecule has 1 rings (SSSR count). The number of nitrogens with two attached hydrogens (primary N) is 2. The predicted octanol–water partition coefficient (Wildman–Crippen LogP) is 0.835. The van der Waals surface area contributed by atoms with E-state index in [1.165, 1.54) is 0 Å². The van der Waals surface area contributed by atoms with Gasteiger partial charge in [0.25, 0.3) is 0 Å². The molecule has 4 N–H and O–H groups in total. The Hall–Kier alpha value is -0.860. The van der Waals surface area contributed by atoms with E-state index in [0.29, 0.717) is 6.54 Å². The zero-order valence-corrected chi connectivity index (χ0v) is 6.46. The van der Waals surface area contributed by atoms with Crippen LogP contribution in [0.5, 0.6) is 0 Å². The van der Waals surface area contributed by atoms with Gasteiger partial charge >= 0.3 is 0 Å². The SMILES string of the molecule is NCCC(N)c1cc[c]cc1. The van der Waals surface area contributed by atoms with Crippen LogP contribution in [-0.4, -0.2) is 6.54 Å². The summed E-state index contributed by atoms with van der Waals surface area (Å²) in [6.45, 7) is 0.639. The highest BCUT2D eigenvalue weighted by Crippen LogP contribution is 2.11. The van der Waals surface area contributed by atoms with E-state index in [4.69, 9.17) is 11.5 Å². The van der Waals surface area contributed by atoms with Crippen molar-refractivity contribution in [1.82, 2.24) is 0 Å². The van der Waals surface area contributed by atoms with Crippen molar-refractivity contribution in [2.45, 2.75) is 12.5 Å². The highest BCUT2D eigenvalue weighted by atomic mass is 14.7. The third-order valence-electron chi connectivity index (χ3n) is 1.65. The fourth-order valence-electron chi connectivity index (χ4n) is 0.993. The molecule has 2 heteroatoms. The van der Waals surface area contributed by atoms with Gasteiger partial charge < -0.3 is 11.5 Å². The lowest BCUT2D eigenvalue weighted by molar-refractivity contribution is 0.661. The molecule has 0 saturated heterocycles. The third-order valence-corrected chi connectivity index (χ3v) is 1.65. The largest absolute Gasteiger partial charge is 0.330 e. The van der Waals surface area contributed by atoms with Gasteiger partial charge in [-0.05, 0) is 24.6 Å². The van der Waals surface area contributed by atoms with Crippen molar-refractivity contribution in [3.63, 3.8) is 0 Å². The molecule has 1 aromatic rings. The summed E-state index contributed by atoms with van der Waals surface area (Å²) in [6.07, 6.45) is 0.837. The first-order valence-corrected chi connectivity index (χ1v) is 3.76. The van der Waals surface area contributed by atoms with Crippen LogP contribution in [0.15, 0.2) is 24.3 Å². The quantitative estimate of drug-likeness (QED) is 0.669. The molecule has 11 heavy (non-hydrogen) atoms. The summed E-state index contributed by atoms with van der Waals surface area (Å²) in [5.74, 6) is 0. The van der Waals surface area contributed by atoms with Crippen molar-refractivity contribution >= 4 is 0 Å². The smallest absolute Gasteiger partial charge is 0.0306 e. The maximum absolute atomic E-state index is 5.81. The topological polar surface area (TPSA) is 52.0 Å². The minimum Gasteiger partial charge on any atom is -0.330 e. The van der Waals surface area contributed by atoms with Gasteiger partial charge in [0.15, 0.2) is 0 Å². The van der Waals surface area contributed by atoms with Crippen molar-refractivity contribution in [3.8, 4) is 0 Å². The molecule has 0 fully saturated rings. The van der Waals surface area contributed by atoms with Crippen LogP contribution in [-0.2, 0) is 0 Å². The maximum Gasteiger partial charge on any atom is 0.0306 e. The van der Waals surface area contributed by atoms with Gasteiger partial charge in [0.2, 0.25) is 0 Å². The van der Waals surface area contributed by atoms with E-state index in [2.05, 4.69) is 6.07 Å². The van der Waals surface area contributed by atoms with Gasteiger partial charge in [-0.15, -0.1) is 0 Å². The number of hydrogen-bond acceptors (Lipinski definition) is 2. The molecule has 0 aliphatic carbocycles. The second-order valence-corrected chi connectivity index (χ2v) is 2.52. The standard InChI is InChI=1S/C9H13N2/c10-7-6-9(11)8-4-2-1-3-5-8/h2-5,9H,6-7,10-11H2. The first-order valence-electron chi connectivity index (χ1n) is 3.76. The Bertz CT molecular complexity index is 196. The normalized spacial score (nSPS) is 12.9. The molecular weight excluding hydrogens is 136 g/mol. The third kappa shape index (κ3) is 2.33. The van der Waals surface area contributed by atoms with Gasteiger partial charge in [0.05, 0.1) is 0 Å². The number of hydrogen-bond donors (Lipinski definition) is 2. The maximum atomic E-state index is 5.81. The zero-order valence-electron chi connectivity index (χ0n) is 6.46. The van der Waals surface area contributed by atoms with E-state index in [9.17, 15) is 0 Å². The average Bonchev–Trinajstić information content (AvgIpc) is 2.07. The average molecular weight is 149 g/mol. The Labute approximate surface area is 67.2 Å². The molecule has 0 aromatic heterocycles. The van der Waals surface area contributed by atoms with Gasteiger partial charge in [-0.25, -0.2) is 0 Å². The summed E-state index contributed by atoms with van der Waals surface area (Å²) in [4.78, 5) is 0. The molecule has 0 aliphatic rings. The Morgan fingerprint density at radius 1 is 1.36 bits per heavy atom. The summed E-state index contributed by atoms with van der Waals surface area (Å²) < 4.78 is 0. The van der Waals surface area contributed by atoms with Gasteiger partial charge in [0.1, 0.15) is 0 Å². The Morgan fingerprint density at radius 2 is 2.00 bits per heavy atom. The molecule has 2 nitrogen and oxygen atoms in total. The molecule has 0 amide bonds. The zero-order chi connectivity index (χ0) is 8.10. The van der Waals surface area contributed by atoms with Gasteiger partial charge in [0, 0.05) is 6.04 Å². The van der Waals surface area contributed by atoms with Crippen molar-refractivity contribution in [1.29, 1.82) is 0 Å². The first-order chi connectivity index (χ1) is 5.34. The van der Waals surface area contributed by atoms with Crippen LogP contribution >= 0.6 is 0 Å². The number of benzene rings is 1. The van der Waals surface area contributed by atoms with E-state index in [0.717, 1.165) is 12.0 Å². The second-order valence-electron chi connectivity index (χ2n) is 2.52. The van der Waals surface area contributed by atoms with E-state index < -0.39 is 0 Å². The predicted molar refractivity (Wildman–Crippen MR) is 45.9 cm³/mol. The molecule has 1 unspecified atom stereocenters. The molecule has 1 radical (unpaired) electrons. The Kier molecular flexibility index (Phi) is 3.08. The molecule has 1 aromatic carbocycles. The monoisotopic (exact) mass is 149 g/mol. The molecule has 0 spiro atoms.